The molecule has 0 saturated carbocycles. The second-order valence-electron chi connectivity index (χ2n) is 6.50. The van der Waals surface area contributed by atoms with E-state index in [2.05, 4.69) is 10.2 Å². The highest BCUT2D eigenvalue weighted by atomic mass is 35.5. The molecule has 1 aromatic heterocycles. The van der Waals surface area contributed by atoms with E-state index in [9.17, 15) is 9.59 Å². The molecule has 7 nitrogen and oxygen atoms in total. The number of nitrogens with zero attached hydrogens (tertiary/aromatic N) is 2. The second-order valence-corrected chi connectivity index (χ2v) is 6.72. The molecule has 1 fully saturated rings. The van der Waals surface area contributed by atoms with Crippen LogP contribution in [0.4, 0.5) is 4.79 Å². The first-order valence-corrected chi connectivity index (χ1v) is 8.09. The predicted molar refractivity (Wildman–Crippen MR) is 84.5 cm³/mol. The third-order valence-electron chi connectivity index (χ3n) is 3.56. The standard InChI is InChI=1S/C15H22ClN3O4/c1-15(2,3)23-14(21)19-6-4-5-10(8-19)12-11(7-17-18-12)13(20)22-9-16/h7,10H,4-6,8-9H2,1-3H3,(H,17,18). The van der Waals surface area contributed by atoms with Gasteiger partial charge in [0.05, 0.1) is 11.9 Å². The number of esters is 1. The fraction of sp³-hybridized carbons (Fsp3) is 0.667. The van der Waals surface area contributed by atoms with E-state index in [0.29, 0.717) is 24.3 Å². The highest BCUT2D eigenvalue weighted by molar-refractivity contribution is 6.17. The Bertz CT molecular complexity index is 567. The number of rotatable bonds is 3. The van der Waals surface area contributed by atoms with Gasteiger partial charge in [-0.15, -0.1) is 0 Å². The Morgan fingerprint density at radius 2 is 2.22 bits per heavy atom. The number of carbonyl (C=O) groups excluding carboxylic acids is 2. The second kappa shape index (κ2) is 7.21. The van der Waals surface area contributed by atoms with Gasteiger partial charge >= 0.3 is 12.1 Å². The first-order chi connectivity index (χ1) is 10.8. The van der Waals surface area contributed by atoms with Crippen LogP contribution in [0.15, 0.2) is 6.20 Å². The summed E-state index contributed by atoms with van der Waals surface area (Å²) in [5.74, 6) is -0.533. The van der Waals surface area contributed by atoms with Crippen LogP contribution in [0.1, 0.15) is 55.6 Å². The number of aromatic nitrogens is 2. The molecule has 2 heterocycles. The first-order valence-electron chi connectivity index (χ1n) is 7.56. The molecular formula is C15H22ClN3O4. The zero-order valence-electron chi connectivity index (χ0n) is 13.6. The molecular weight excluding hydrogens is 322 g/mol. The van der Waals surface area contributed by atoms with Gasteiger partial charge in [-0.05, 0) is 33.6 Å². The number of carbonyl (C=O) groups is 2. The highest BCUT2D eigenvalue weighted by Crippen LogP contribution is 2.29. The van der Waals surface area contributed by atoms with E-state index in [1.54, 1.807) is 4.90 Å². The van der Waals surface area contributed by atoms with Crippen LogP contribution in [-0.4, -0.2) is 51.9 Å². The Hall–Kier alpha value is -1.76. The minimum absolute atomic E-state index is 0.0170. The molecule has 128 valence electrons. The first kappa shape index (κ1) is 17.6. The van der Waals surface area contributed by atoms with Crippen molar-refractivity contribution >= 4 is 23.7 Å². The molecule has 0 aliphatic carbocycles. The lowest BCUT2D eigenvalue weighted by Crippen LogP contribution is -2.42. The molecule has 0 bridgehead atoms. The molecule has 1 aliphatic rings. The van der Waals surface area contributed by atoms with Crippen molar-refractivity contribution in [1.29, 1.82) is 0 Å². The van der Waals surface area contributed by atoms with Crippen LogP contribution in [0.2, 0.25) is 0 Å². The summed E-state index contributed by atoms with van der Waals surface area (Å²) < 4.78 is 10.2. The molecule has 1 unspecified atom stereocenters. The van der Waals surface area contributed by atoms with Crippen LogP contribution >= 0.6 is 11.6 Å². The van der Waals surface area contributed by atoms with Crippen molar-refractivity contribution in [2.75, 3.05) is 19.2 Å². The van der Waals surface area contributed by atoms with E-state index in [0.717, 1.165) is 12.8 Å². The average molecular weight is 344 g/mol. The fourth-order valence-corrected chi connectivity index (χ4v) is 2.70. The third kappa shape index (κ3) is 4.60. The van der Waals surface area contributed by atoms with Crippen LogP contribution in [0.5, 0.6) is 0 Å². The molecule has 1 aliphatic heterocycles. The minimum Gasteiger partial charge on any atom is -0.446 e. The van der Waals surface area contributed by atoms with E-state index in [1.165, 1.54) is 6.20 Å². The zero-order valence-corrected chi connectivity index (χ0v) is 14.4. The Morgan fingerprint density at radius 3 is 2.87 bits per heavy atom. The van der Waals surface area contributed by atoms with Crippen LogP contribution in [0, 0.1) is 0 Å². The van der Waals surface area contributed by atoms with Gasteiger partial charge in [-0.1, -0.05) is 11.6 Å². The molecule has 0 spiro atoms. The molecule has 8 heteroatoms. The summed E-state index contributed by atoms with van der Waals surface area (Å²) in [6.07, 6.45) is 2.76. The number of alkyl halides is 1. The van der Waals surface area contributed by atoms with Gasteiger partial charge in [0, 0.05) is 19.0 Å². The van der Waals surface area contributed by atoms with Gasteiger partial charge in [-0.25, -0.2) is 9.59 Å². The zero-order chi connectivity index (χ0) is 17.0. The average Bonchev–Trinajstić information content (AvgIpc) is 2.95. The summed E-state index contributed by atoms with van der Waals surface area (Å²) in [6.45, 7) is 6.61. The van der Waals surface area contributed by atoms with Crippen LogP contribution in [-0.2, 0) is 9.47 Å². The fourth-order valence-electron chi connectivity index (χ4n) is 2.60. The number of likely N-dealkylation sites (tertiary alicyclic amines) is 1. The van der Waals surface area contributed by atoms with Crippen LogP contribution < -0.4 is 0 Å². The van der Waals surface area contributed by atoms with Gasteiger partial charge in [0.2, 0.25) is 0 Å². The van der Waals surface area contributed by atoms with Gasteiger partial charge in [0.1, 0.15) is 11.2 Å². The van der Waals surface area contributed by atoms with E-state index in [-0.39, 0.29) is 18.1 Å². The Morgan fingerprint density at radius 1 is 1.48 bits per heavy atom. The number of amides is 1. The number of H-pyrrole nitrogens is 1. The van der Waals surface area contributed by atoms with E-state index >= 15 is 0 Å². The molecule has 1 N–H and O–H groups in total. The molecule has 1 amide bonds. The van der Waals surface area contributed by atoms with Crippen molar-refractivity contribution in [1.82, 2.24) is 15.1 Å². The maximum atomic E-state index is 12.2. The number of nitrogens with one attached hydrogen (secondary N) is 1. The third-order valence-corrected chi connectivity index (χ3v) is 3.66. The molecule has 23 heavy (non-hydrogen) atoms. The number of piperidine rings is 1. The monoisotopic (exact) mass is 343 g/mol. The lowest BCUT2D eigenvalue weighted by molar-refractivity contribution is 0.0197. The van der Waals surface area contributed by atoms with Crippen molar-refractivity contribution in [2.24, 2.45) is 0 Å². The quantitative estimate of drug-likeness (QED) is 0.673. The van der Waals surface area contributed by atoms with Crippen molar-refractivity contribution in [3.63, 3.8) is 0 Å². The molecule has 0 aromatic carbocycles. The van der Waals surface area contributed by atoms with Crippen LogP contribution in [0.25, 0.3) is 0 Å². The molecule has 1 aromatic rings. The molecule has 0 radical (unpaired) electrons. The molecule has 1 saturated heterocycles. The van der Waals surface area contributed by atoms with Gasteiger partial charge in [0.15, 0.2) is 6.07 Å². The largest absolute Gasteiger partial charge is 0.446 e. The number of ether oxygens (including phenoxy) is 2. The summed E-state index contributed by atoms with van der Waals surface area (Å²) in [5.41, 5.74) is 0.503. The van der Waals surface area contributed by atoms with Gasteiger partial charge in [-0.2, -0.15) is 5.10 Å². The maximum Gasteiger partial charge on any atom is 0.410 e. The molecule has 1 atom stereocenters. The van der Waals surface area contributed by atoms with Crippen LogP contribution in [0.3, 0.4) is 0 Å². The minimum atomic E-state index is -0.534. The van der Waals surface area contributed by atoms with Gasteiger partial charge in [-0.3, -0.25) is 5.10 Å². The predicted octanol–water partition coefficient (Wildman–Crippen LogP) is 2.88. The number of hydrogen-bond donors (Lipinski definition) is 1. The summed E-state index contributed by atoms with van der Waals surface area (Å²) >= 11 is 5.43. The Kier molecular flexibility index (Phi) is 5.51. The maximum absolute atomic E-state index is 12.2. The Labute approximate surface area is 140 Å². The molecule has 2 rings (SSSR count). The highest BCUT2D eigenvalue weighted by Gasteiger charge is 2.31. The lowest BCUT2D eigenvalue weighted by atomic mass is 9.93. The number of halogens is 1. The SMILES string of the molecule is CC(C)(C)OC(=O)N1CCCC(c2[nH]ncc2C(=O)OCCl)C1. The van der Waals surface area contributed by atoms with E-state index in [4.69, 9.17) is 21.1 Å². The van der Waals surface area contributed by atoms with E-state index in [1.807, 2.05) is 20.8 Å². The van der Waals surface area contributed by atoms with Gasteiger partial charge in [0.25, 0.3) is 0 Å². The van der Waals surface area contributed by atoms with Crippen molar-refractivity contribution < 1.29 is 19.1 Å². The summed E-state index contributed by atoms with van der Waals surface area (Å²) in [6, 6.07) is -0.210. The Balaban J connectivity index is 2.09. The van der Waals surface area contributed by atoms with Crippen molar-refractivity contribution in [3.8, 4) is 0 Å². The number of hydrogen-bond acceptors (Lipinski definition) is 5. The van der Waals surface area contributed by atoms with E-state index < -0.39 is 11.6 Å². The van der Waals surface area contributed by atoms with Gasteiger partial charge < -0.3 is 14.4 Å². The van der Waals surface area contributed by atoms with Crippen molar-refractivity contribution in [2.45, 2.75) is 45.1 Å². The smallest absolute Gasteiger partial charge is 0.410 e. The topological polar surface area (TPSA) is 84.5 Å². The summed E-state index contributed by atoms with van der Waals surface area (Å²) in [7, 11) is 0. The lowest BCUT2D eigenvalue weighted by Gasteiger charge is -2.33. The normalized spacial score (nSPS) is 18.6. The summed E-state index contributed by atoms with van der Waals surface area (Å²) in [5, 5.41) is 6.78. The summed E-state index contributed by atoms with van der Waals surface area (Å²) in [4.78, 5) is 25.8. The number of aromatic amines is 1. The van der Waals surface area contributed by atoms with Crippen molar-refractivity contribution in [3.05, 3.63) is 17.5 Å².